The topological polar surface area (TPSA) is 72.0 Å². The number of nitrogens with zero attached hydrogens (tertiary/aromatic N) is 3. The van der Waals surface area contributed by atoms with Crippen LogP contribution in [0.4, 0.5) is 0 Å². The predicted molar refractivity (Wildman–Crippen MR) is 145 cm³/mol. The van der Waals surface area contributed by atoms with Crippen molar-refractivity contribution in [2.45, 2.75) is 52.6 Å². The van der Waals surface area contributed by atoms with Crippen LogP contribution in [0.2, 0.25) is 0 Å². The molecule has 1 fully saturated rings. The van der Waals surface area contributed by atoms with Gasteiger partial charge in [0.25, 0.3) is 0 Å². The van der Waals surface area contributed by atoms with Crippen molar-refractivity contribution in [1.29, 1.82) is 0 Å². The van der Waals surface area contributed by atoms with Crippen LogP contribution in [0.3, 0.4) is 0 Å². The smallest absolute Gasteiger partial charge is 0.242 e. The molecule has 7 nitrogen and oxygen atoms in total. The number of guanidine groups is 1. The Morgan fingerprint density at radius 1 is 1.00 bits per heavy atom. The normalized spacial score (nSPS) is 15.7. The first-order valence-electron chi connectivity index (χ1n) is 11.7. The second-order valence-corrected chi connectivity index (χ2v) is 9.23. The number of hydrogen-bond acceptors (Lipinski definition) is 4. The number of benzene rings is 1. The molecule has 0 atom stereocenters. The Morgan fingerprint density at radius 2 is 1.66 bits per heavy atom. The van der Waals surface area contributed by atoms with Gasteiger partial charge in [0.1, 0.15) is 6.54 Å². The molecule has 0 unspecified atom stereocenters. The Morgan fingerprint density at radius 3 is 2.28 bits per heavy atom. The lowest BCUT2D eigenvalue weighted by Gasteiger charge is -2.34. The molecular formula is C24H43IN6O. The Bertz CT molecular complexity index is 669. The highest BCUT2D eigenvalue weighted by Crippen LogP contribution is 2.09. The highest BCUT2D eigenvalue weighted by Gasteiger charge is 2.16. The summed E-state index contributed by atoms with van der Waals surface area (Å²) in [5.41, 5.74) is 1.17. The van der Waals surface area contributed by atoms with Crippen LogP contribution in [0.25, 0.3) is 0 Å². The minimum Gasteiger partial charge on any atom is -0.357 e. The molecule has 0 aliphatic carbocycles. The fourth-order valence-corrected chi connectivity index (χ4v) is 3.63. The quantitative estimate of drug-likeness (QED) is 0.178. The van der Waals surface area contributed by atoms with E-state index in [1.807, 2.05) is 27.7 Å². The average molecular weight is 559 g/mol. The van der Waals surface area contributed by atoms with Gasteiger partial charge in [0.2, 0.25) is 5.91 Å². The molecule has 1 saturated heterocycles. The molecular weight excluding hydrogens is 515 g/mol. The second-order valence-electron chi connectivity index (χ2n) is 9.23. The maximum atomic E-state index is 12.0. The molecule has 3 N–H and O–H groups in total. The first-order chi connectivity index (χ1) is 14.9. The summed E-state index contributed by atoms with van der Waals surface area (Å²) in [6, 6.07) is 10.7. The number of aliphatic imine (C=N–C) groups is 1. The zero-order chi connectivity index (χ0) is 22.5. The first-order valence-corrected chi connectivity index (χ1v) is 11.7. The maximum absolute atomic E-state index is 12.0. The van der Waals surface area contributed by atoms with Gasteiger partial charge in [0, 0.05) is 51.4 Å². The summed E-state index contributed by atoms with van der Waals surface area (Å²) >= 11 is 0. The molecule has 1 aromatic carbocycles. The van der Waals surface area contributed by atoms with E-state index in [9.17, 15) is 4.79 Å². The lowest BCUT2D eigenvalue weighted by molar-refractivity contribution is -0.121. The van der Waals surface area contributed by atoms with E-state index >= 15 is 0 Å². The molecule has 1 aromatic rings. The summed E-state index contributed by atoms with van der Waals surface area (Å²) in [5.74, 6) is 0.650. The van der Waals surface area contributed by atoms with Crippen LogP contribution in [0.15, 0.2) is 35.3 Å². The summed E-state index contributed by atoms with van der Waals surface area (Å²) in [5, 5.41) is 9.49. The largest absolute Gasteiger partial charge is 0.357 e. The number of halogens is 1. The van der Waals surface area contributed by atoms with Gasteiger partial charge in [-0.2, -0.15) is 0 Å². The van der Waals surface area contributed by atoms with Crippen LogP contribution in [0.5, 0.6) is 0 Å². The first kappa shape index (κ1) is 28.6. The Hall–Kier alpha value is -1.39. The lowest BCUT2D eigenvalue weighted by atomic mass is 10.1. The third kappa shape index (κ3) is 12.6. The van der Waals surface area contributed by atoms with Crippen molar-refractivity contribution >= 4 is 35.8 Å². The standard InChI is InChI=1S/C24H42N6O.HI/c1-5-25-23(27-19-22(31)28-24(2,3)4)26-13-9-10-14-29-15-17-30(18-16-29)20-21-11-7-6-8-12-21;/h6-8,11-12H,5,9-10,13-20H2,1-4H3,(H,28,31)(H2,25,26,27);1H. The van der Waals surface area contributed by atoms with E-state index in [0.717, 1.165) is 65.2 Å². The molecule has 8 heteroatoms. The average Bonchev–Trinajstić information content (AvgIpc) is 2.72. The van der Waals surface area contributed by atoms with Crippen LogP contribution in [0, 0.1) is 0 Å². The van der Waals surface area contributed by atoms with Crippen LogP contribution in [0.1, 0.15) is 46.1 Å². The second kappa shape index (κ2) is 15.4. The van der Waals surface area contributed by atoms with Gasteiger partial charge in [-0.05, 0) is 52.6 Å². The number of unbranched alkanes of at least 4 members (excludes halogenated alkanes) is 1. The number of amides is 1. The van der Waals surface area contributed by atoms with Crippen molar-refractivity contribution in [2.75, 3.05) is 52.4 Å². The van der Waals surface area contributed by atoms with E-state index in [4.69, 9.17) is 0 Å². The number of rotatable bonds is 10. The monoisotopic (exact) mass is 558 g/mol. The molecule has 1 amide bonds. The van der Waals surface area contributed by atoms with Gasteiger partial charge < -0.3 is 20.9 Å². The highest BCUT2D eigenvalue weighted by molar-refractivity contribution is 14.0. The van der Waals surface area contributed by atoms with Gasteiger partial charge in [-0.25, -0.2) is 4.99 Å². The molecule has 1 heterocycles. The van der Waals surface area contributed by atoms with Crippen LogP contribution >= 0.6 is 24.0 Å². The summed E-state index contributed by atoms with van der Waals surface area (Å²) in [4.78, 5) is 21.5. The Balaban J connectivity index is 0.00000512. The molecule has 1 aliphatic rings. The molecule has 32 heavy (non-hydrogen) atoms. The van der Waals surface area contributed by atoms with Crippen molar-refractivity contribution in [2.24, 2.45) is 4.99 Å². The molecule has 0 spiro atoms. The number of nitrogens with one attached hydrogen (secondary N) is 3. The zero-order valence-corrected chi connectivity index (χ0v) is 22.7. The van der Waals surface area contributed by atoms with Gasteiger partial charge in [-0.1, -0.05) is 30.3 Å². The Kier molecular flexibility index (Phi) is 13.8. The van der Waals surface area contributed by atoms with Crippen molar-refractivity contribution in [3.8, 4) is 0 Å². The number of carbonyl (C=O) groups is 1. The zero-order valence-electron chi connectivity index (χ0n) is 20.3. The van der Waals surface area contributed by atoms with E-state index in [0.29, 0.717) is 5.96 Å². The molecule has 0 saturated carbocycles. The molecule has 0 aromatic heterocycles. The van der Waals surface area contributed by atoms with Crippen molar-refractivity contribution in [1.82, 2.24) is 25.8 Å². The highest BCUT2D eigenvalue weighted by atomic mass is 127. The van der Waals surface area contributed by atoms with Crippen molar-refractivity contribution in [3.63, 3.8) is 0 Å². The van der Waals surface area contributed by atoms with Crippen LogP contribution in [-0.2, 0) is 11.3 Å². The number of piperazine rings is 1. The third-order valence-electron chi connectivity index (χ3n) is 5.15. The van der Waals surface area contributed by atoms with Gasteiger partial charge in [0.15, 0.2) is 5.96 Å². The molecule has 2 rings (SSSR count). The Labute approximate surface area is 211 Å². The third-order valence-corrected chi connectivity index (χ3v) is 5.15. The van der Waals surface area contributed by atoms with Gasteiger partial charge in [0.05, 0.1) is 0 Å². The van der Waals surface area contributed by atoms with E-state index in [-0.39, 0.29) is 42.0 Å². The number of hydrogen-bond donors (Lipinski definition) is 3. The van der Waals surface area contributed by atoms with Crippen LogP contribution < -0.4 is 16.0 Å². The molecule has 0 radical (unpaired) electrons. The van der Waals surface area contributed by atoms with Crippen molar-refractivity contribution in [3.05, 3.63) is 35.9 Å². The maximum Gasteiger partial charge on any atom is 0.242 e. The fraction of sp³-hybridized carbons (Fsp3) is 0.667. The minimum absolute atomic E-state index is 0. The SMILES string of the molecule is CCNC(=NCC(=O)NC(C)(C)C)NCCCCN1CCN(Cc2ccccc2)CC1.I. The minimum atomic E-state index is -0.231. The lowest BCUT2D eigenvalue weighted by Crippen LogP contribution is -2.46. The molecule has 1 aliphatic heterocycles. The summed E-state index contributed by atoms with van der Waals surface area (Å²) in [6.45, 7) is 16.5. The van der Waals surface area contributed by atoms with E-state index in [2.05, 4.69) is 61.1 Å². The van der Waals surface area contributed by atoms with E-state index < -0.39 is 0 Å². The molecule has 182 valence electrons. The molecule has 0 bridgehead atoms. The van der Waals surface area contributed by atoms with Gasteiger partial charge >= 0.3 is 0 Å². The van der Waals surface area contributed by atoms with E-state index in [1.165, 1.54) is 5.56 Å². The fourth-order valence-electron chi connectivity index (χ4n) is 3.63. The van der Waals surface area contributed by atoms with E-state index in [1.54, 1.807) is 0 Å². The summed E-state index contributed by atoms with van der Waals surface area (Å²) in [7, 11) is 0. The summed E-state index contributed by atoms with van der Waals surface area (Å²) in [6.07, 6.45) is 2.25. The van der Waals surface area contributed by atoms with Gasteiger partial charge in [-0.15, -0.1) is 24.0 Å². The predicted octanol–water partition coefficient (Wildman–Crippen LogP) is 2.67. The van der Waals surface area contributed by atoms with Crippen LogP contribution in [-0.4, -0.2) is 79.6 Å². The summed E-state index contributed by atoms with van der Waals surface area (Å²) < 4.78 is 0. The van der Waals surface area contributed by atoms with Crippen molar-refractivity contribution < 1.29 is 4.79 Å². The van der Waals surface area contributed by atoms with Gasteiger partial charge in [-0.3, -0.25) is 9.69 Å². The number of carbonyl (C=O) groups excluding carboxylic acids is 1.